The molecule has 0 radical (unpaired) electrons. The molecule has 10 heteroatoms. The van der Waals surface area contributed by atoms with Crippen LogP contribution in [0.4, 0.5) is 0 Å². The summed E-state index contributed by atoms with van der Waals surface area (Å²) in [7, 11) is 5.49. The first-order valence-corrected chi connectivity index (χ1v) is 16.4. The third-order valence-corrected chi connectivity index (χ3v) is 10.4. The van der Waals surface area contributed by atoms with Gasteiger partial charge in [0.2, 0.25) is 0 Å². The average Bonchev–Trinajstić information content (AvgIpc) is 2.95. The first kappa shape index (κ1) is 36.3. The van der Waals surface area contributed by atoms with Gasteiger partial charge in [0.1, 0.15) is 18.1 Å². The molecule has 0 spiro atoms. The van der Waals surface area contributed by atoms with E-state index in [1.165, 1.54) is 0 Å². The van der Waals surface area contributed by atoms with Gasteiger partial charge in [0.25, 0.3) is 0 Å². The summed E-state index contributed by atoms with van der Waals surface area (Å²) >= 11 is 0. The minimum absolute atomic E-state index is 0.000814. The molecule has 3 heterocycles. The summed E-state index contributed by atoms with van der Waals surface area (Å²) in [4.78, 5) is 32.2. The van der Waals surface area contributed by atoms with Crippen molar-refractivity contribution in [2.75, 3.05) is 47.4 Å². The number of methoxy groups -OCH3 is 1. The average molecular weight is 612 g/mol. The maximum absolute atomic E-state index is 14.1. The molecular formula is C33H61N3O7. The number of Topliss-reactive ketones (excluding diaryl/α,β-unsaturated/α-hetero) is 1. The van der Waals surface area contributed by atoms with Crippen LogP contribution in [0, 0.1) is 23.2 Å². The maximum Gasteiger partial charge on any atom is 0.319 e. The van der Waals surface area contributed by atoms with Gasteiger partial charge in [-0.05, 0) is 113 Å². The standard InChI is InChI=1S/C33H61N3O7/c1-20(2)36-14-12-24(13-15-36)25-19-41-31(39)32(6,7)28(38)23(5)29(33(8,40-11)17-21(3)18-34-25)43-30-27(37)26(35(9)10)16-22(4)42-30/h20-27,29-30,34,37H,12-19H2,1-11H3/t21-,22-,23+,25+,26+,27-,29-,30+,33-/m1/s1. The number of nitrogens with zero attached hydrogens (tertiary/aromatic N) is 2. The van der Waals surface area contributed by atoms with Crippen LogP contribution in [0.2, 0.25) is 0 Å². The van der Waals surface area contributed by atoms with Crippen LogP contribution >= 0.6 is 0 Å². The van der Waals surface area contributed by atoms with E-state index in [0.29, 0.717) is 31.3 Å². The molecule has 0 amide bonds. The summed E-state index contributed by atoms with van der Waals surface area (Å²) in [5, 5.41) is 15.0. The van der Waals surface area contributed by atoms with Crippen molar-refractivity contribution >= 4 is 11.8 Å². The molecule has 0 aromatic carbocycles. The van der Waals surface area contributed by atoms with Crippen molar-refractivity contribution in [2.24, 2.45) is 23.2 Å². The Labute approximate surface area is 260 Å². The summed E-state index contributed by atoms with van der Waals surface area (Å²) in [6, 6.07) is 0.350. The lowest BCUT2D eigenvalue weighted by atomic mass is 9.74. The minimum Gasteiger partial charge on any atom is -0.463 e. The number of ether oxygens (including phenoxy) is 4. The molecule has 0 aliphatic carbocycles. The fourth-order valence-electron chi connectivity index (χ4n) is 7.38. The van der Waals surface area contributed by atoms with Crippen molar-refractivity contribution in [3.8, 4) is 0 Å². The topological polar surface area (TPSA) is 110 Å². The van der Waals surface area contributed by atoms with Crippen molar-refractivity contribution < 1.29 is 33.6 Å². The number of hydrogen-bond acceptors (Lipinski definition) is 10. The molecule has 3 rings (SSSR count). The molecule has 0 aromatic heterocycles. The Bertz CT molecular complexity index is 922. The Morgan fingerprint density at radius 3 is 2.28 bits per heavy atom. The fraction of sp³-hybridized carbons (Fsp3) is 0.939. The van der Waals surface area contributed by atoms with E-state index in [1.807, 2.05) is 32.8 Å². The number of nitrogens with one attached hydrogen (secondary N) is 1. The number of rotatable bonds is 6. The molecular weight excluding hydrogens is 550 g/mol. The summed E-state index contributed by atoms with van der Waals surface area (Å²) in [6.07, 6.45) is 0.519. The smallest absolute Gasteiger partial charge is 0.319 e. The zero-order valence-electron chi connectivity index (χ0n) is 28.7. The van der Waals surface area contributed by atoms with Crippen LogP contribution in [-0.4, -0.2) is 122 Å². The van der Waals surface area contributed by atoms with E-state index in [4.69, 9.17) is 18.9 Å². The Morgan fingerprint density at radius 2 is 1.72 bits per heavy atom. The first-order chi connectivity index (χ1) is 20.0. The third kappa shape index (κ3) is 8.57. The molecule has 0 unspecified atom stereocenters. The molecule has 43 heavy (non-hydrogen) atoms. The molecule has 3 aliphatic heterocycles. The molecule has 9 atom stereocenters. The number of likely N-dealkylation sites (N-methyl/N-ethyl adjacent to an activating group) is 1. The number of hydrogen-bond donors (Lipinski definition) is 2. The Balaban J connectivity index is 1.92. The quantitative estimate of drug-likeness (QED) is 0.344. The highest BCUT2D eigenvalue weighted by molar-refractivity contribution is 6.04. The molecule has 3 saturated heterocycles. The van der Waals surface area contributed by atoms with E-state index < -0.39 is 41.4 Å². The number of piperidine rings is 1. The lowest BCUT2D eigenvalue weighted by Gasteiger charge is -2.47. The van der Waals surface area contributed by atoms with Crippen LogP contribution in [0.1, 0.15) is 81.1 Å². The van der Waals surface area contributed by atoms with E-state index in [2.05, 4.69) is 31.0 Å². The van der Waals surface area contributed by atoms with E-state index in [-0.39, 0.29) is 36.5 Å². The minimum atomic E-state index is -1.40. The van der Waals surface area contributed by atoms with Gasteiger partial charge in [0, 0.05) is 31.2 Å². The number of carbonyl (C=O) groups excluding carboxylic acids is 2. The third-order valence-electron chi connectivity index (χ3n) is 10.4. The first-order valence-electron chi connectivity index (χ1n) is 16.4. The molecule has 0 saturated carbocycles. The van der Waals surface area contributed by atoms with Crippen LogP contribution in [-0.2, 0) is 28.5 Å². The Kier molecular flexibility index (Phi) is 12.6. The van der Waals surface area contributed by atoms with Gasteiger partial charge in [-0.3, -0.25) is 9.59 Å². The molecule has 250 valence electrons. The molecule has 0 aromatic rings. The number of ketones is 1. The lowest BCUT2D eigenvalue weighted by Crippen LogP contribution is -2.59. The monoisotopic (exact) mass is 611 g/mol. The van der Waals surface area contributed by atoms with Crippen LogP contribution in [0.25, 0.3) is 0 Å². The van der Waals surface area contributed by atoms with Crippen molar-refractivity contribution in [3.63, 3.8) is 0 Å². The fourth-order valence-corrected chi connectivity index (χ4v) is 7.38. The number of likely N-dealkylation sites (tertiary alicyclic amines) is 1. The predicted molar refractivity (Wildman–Crippen MR) is 167 cm³/mol. The number of carbonyl (C=O) groups is 2. The number of esters is 1. The summed E-state index contributed by atoms with van der Waals surface area (Å²) in [6.45, 7) is 18.6. The van der Waals surface area contributed by atoms with Crippen molar-refractivity contribution in [2.45, 2.75) is 129 Å². The van der Waals surface area contributed by atoms with Gasteiger partial charge < -0.3 is 39.2 Å². The number of aliphatic hydroxyl groups is 1. The van der Waals surface area contributed by atoms with E-state index in [9.17, 15) is 14.7 Å². The second kappa shape index (κ2) is 15.0. The molecule has 0 bridgehead atoms. The van der Waals surface area contributed by atoms with E-state index >= 15 is 0 Å². The normalized spacial score (nSPS) is 39.7. The molecule has 3 aliphatic rings. The van der Waals surface area contributed by atoms with Gasteiger partial charge >= 0.3 is 5.97 Å². The van der Waals surface area contributed by atoms with Crippen molar-refractivity contribution in [3.05, 3.63) is 0 Å². The van der Waals surface area contributed by atoms with Gasteiger partial charge in [0.15, 0.2) is 12.1 Å². The Morgan fingerprint density at radius 1 is 1.09 bits per heavy atom. The number of cyclic esters (lactones) is 1. The highest BCUT2D eigenvalue weighted by Gasteiger charge is 2.51. The van der Waals surface area contributed by atoms with Gasteiger partial charge in [-0.25, -0.2) is 0 Å². The number of aliphatic hydroxyl groups excluding tert-OH is 1. The molecule has 2 N–H and O–H groups in total. The highest BCUT2D eigenvalue weighted by atomic mass is 16.7. The summed E-state index contributed by atoms with van der Waals surface area (Å²) in [5.74, 6) is -1.02. The zero-order valence-corrected chi connectivity index (χ0v) is 28.7. The molecule has 3 fully saturated rings. The lowest BCUT2D eigenvalue weighted by molar-refractivity contribution is -0.295. The van der Waals surface area contributed by atoms with E-state index in [1.54, 1.807) is 27.9 Å². The largest absolute Gasteiger partial charge is 0.463 e. The van der Waals surface area contributed by atoms with Gasteiger partial charge in [0.05, 0.1) is 17.8 Å². The van der Waals surface area contributed by atoms with Crippen molar-refractivity contribution in [1.82, 2.24) is 15.1 Å². The second-order valence-corrected chi connectivity index (χ2v) is 14.8. The van der Waals surface area contributed by atoms with Crippen LogP contribution in [0.3, 0.4) is 0 Å². The highest BCUT2D eigenvalue weighted by Crippen LogP contribution is 2.38. The summed E-state index contributed by atoms with van der Waals surface area (Å²) < 4.78 is 24.9. The second-order valence-electron chi connectivity index (χ2n) is 14.8. The zero-order chi connectivity index (χ0) is 32.3. The Hall–Kier alpha value is -1.14. The summed E-state index contributed by atoms with van der Waals surface area (Å²) in [5.41, 5.74) is -2.30. The van der Waals surface area contributed by atoms with Gasteiger partial charge in [-0.1, -0.05) is 13.8 Å². The van der Waals surface area contributed by atoms with Gasteiger partial charge in [-0.15, -0.1) is 0 Å². The van der Waals surface area contributed by atoms with Gasteiger partial charge in [-0.2, -0.15) is 0 Å². The van der Waals surface area contributed by atoms with Crippen LogP contribution in [0.15, 0.2) is 0 Å². The van der Waals surface area contributed by atoms with Crippen molar-refractivity contribution in [1.29, 1.82) is 0 Å². The molecule has 10 nitrogen and oxygen atoms in total. The van der Waals surface area contributed by atoms with Crippen LogP contribution < -0.4 is 5.32 Å². The maximum atomic E-state index is 14.1. The SMILES string of the molecule is CO[C@]1(C)C[C@@H](C)CN[C@H](C2CCN(C(C)C)CC2)COC(=O)C(C)(C)C(=O)[C@H](C)[C@H]1O[C@@H]1O[C@H](C)C[C@H](N(C)C)[C@H]1O. The predicted octanol–water partition coefficient (Wildman–Crippen LogP) is 3.10. The van der Waals surface area contributed by atoms with Crippen LogP contribution in [0.5, 0.6) is 0 Å². The van der Waals surface area contributed by atoms with E-state index in [0.717, 1.165) is 25.9 Å².